The molecule has 114 valence electrons. The highest BCUT2D eigenvalue weighted by atomic mass is 16.5. The van der Waals surface area contributed by atoms with Gasteiger partial charge in [0.05, 0.1) is 7.11 Å². The Morgan fingerprint density at radius 3 is 2.81 bits per heavy atom. The summed E-state index contributed by atoms with van der Waals surface area (Å²) in [6, 6.07) is 4.31. The van der Waals surface area contributed by atoms with E-state index in [-0.39, 0.29) is 12.0 Å². The maximum absolute atomic E-state index is 12.1. The van der Waals surface area contributed by atoms with Crippen LogP contribution in [0, 0.1) is 0 Å². The lowest BCUT2D eigenvalue weighted by atomic mass is 10.0. The Bertz CT molecular complexity index is 521. The largest absolute Gasteiger partial charge is 0.496 e. The molecule has 3 rings (SSSR count). The molecule has 21 heavy (non-hydrogen) atoms. The first kappa shape index (κ1) is 14.4. The fraction of sp³-hybridized carbons (Fsp3) is 0.588. The van der Waals surface area contributed by atoms with Gasteiger partial charge >= 0.3 is 0 Å². The Morgan fingerprint density at radius 2 is 2.10 bits per heavy atom. The number of carbonyl (C=O) groups excluding carboxylic acids is 1. The number of hydrogen-bond acceptors (Lipinski definition) is 3. The maximum atomic E-state index is 12.1. The van der Waals surface area contributed by atoms with Gasteiger partial charge in [0.1, 0.15) is 11.9 Å². The summed E-state index contributed by atoms with van der Waals surface area (Å²) in [6.07, 6.45) is 6.15. The van der Waals surface area contributed by atoms with E-state index in [1.807, 2.05) is 0 Å². The first-order valence-corrected chi connectivity index (χ1v) is 7.86. The maximum Gasteiger partial charge on any atom is 0.249 e. The lowest BCUT2D eigenvalue weighted by molar-refractivity contribution is -0.135. The third-order valence-electron chi connectivity index (χ3n) is 4.42. The summed E-state index contributed by atoms with van der Waals surface area (Å²) in [7, 11) is 1.69. The van der Waals surface area contributed by atoms with Crippen molar-refractivity contribution < 1.29 is 14.3 Å². The number of hydrogen-bond donors (Lipinski definition) is 1. The van der Waals surface area contributed by atoms with Crippen molar-refractivity contribution in [2.75, 3.05) is 13.7 Å². The molecule has 1 aromatic carbocycles. The Kier molecular flexibility index (Phi) is 4.44. The Morgan fingerprint density at radius 1 is 1.29 bits per heavy atom. The van der Waals surface area contributed by atoms with E-state index in [0.717, 1.165) is 43.4 Å². The van der Waals surface area contributed by atoms with Gasteiger partial charge in [-0.2, -0.15) is 0 Å². The van der Waals surface area contributed by atoms with Crippen LogP contribution < -0.4 is 10.1 Å². The molecule has 1 amide bonds. The van der Waals surface area contributed by atoms with Crippen LogP contribution in [0.2, 0.25) is 0 Å². The van der Waals surface area contributed by atoms with Crippen LogP contribution in [0.4, 0.5) is 0 Å². The highest BCUT2D eigenvalue weighted by Crippen LogP contribution is 2.29. The van der Waals surface area contributed by atoms with E-state index < -0.39 is 0 Å². The standard InChI is InChI=1S/C17H23NO3/c1-20-16-10-13-6-4-5-12(13)9-14(16)11-18-17(19)15-7-2-3-8-21-15/h9-10,15H,2-8,11H2,1H3,(H,18,19). The van der Waals surface area contributed by atoms with Gasteiger partial charge in [-0.3, -0.25) is 4.79 Å². The fourth-order valence-electron chi connectivity index (χ4n) is 3.22. The molecule has 1 fully saturated rings. The zero-order chi connectivity index (χ0) is 14.7. The molecule has 1 N–H and O–H groups in total. The number of amides is 1. The number of methoxy groups -OCH3 is 1. The van der Waals surface area contributed by atoms with Crippen molar-refractivity contribution in [3.63, 3.8) is 0 Å². The normalized spacial score (nSPS) is 20.9. The van der Waals surface area contributed by atoms with Gasteiger partial charge in [0, 0.05) is 18.7 Å². The van der Waals surface area contributed by atoms with Crippen molar-refractivity contribution in [1.82, 2.24) is 5.32 Å². The van der Waals surface area contributed by atoms with Gasteiger partial charge in [-0.25, -0.2) is 0 Å². The monoisotopic (exact) mass is 289 g/mol. The minimum Gasteiger partial charge on any atom is -0.496 e. The van der Waals surface area contributed by atoms with E-state index in [2.05, 4.69) is 17.4 Å². The molecule has 1 aliphatic heterocycles. The smallest absolute Gasteiger partial charge is 0.249 e. The molecule has 1 aliphatic carbocycles. The van der Waals surface area contributed by atoms with E-state index in [1.54, 1.807) is 7.11 Å². The molecule has 0 spiro atoms. The van der Waals surface area contributed by atoms with Crippen LogP contribution >= 0.6 is 0 Å². The van der Waals surface area contributed by atoms with Crippen molar-refractivity contribution in [3.8, 4) is 5.75 Å². The molecular weight excluding hydrogens is 266 g/mol. The van der Waals surface area contributed by atoms with Crippen LogP contribution in [-0.4, -0.2) is 25.7 Å². The quantitative estimate of drug-likeness (QED) is 0.925. The van der Waals surface area contributed by atoms with Crippen LogP contribution in [0.5, 0.6) is 5.75 Å². The third-order valence-corrected chi connectivity index (χ3v) is 4.42. The van der Waals surface area contributed by atoms with Crippen molar-refractivity contribution in [1.29, 1.82) is 0 Å². The summed E-state index contributed by atoms with van der Waals surface area (Å²) in [4.78, 5) is 12.1. The van der Waals surface area contributed by atoms with Gasteiger partial charge < -0.3 is 14.8 Å². The number of ether oxygens (including phenoxy) is 2. The number of carbonyl (C=O) groups is 1. The molecule has 0 bridgehead atoms. The highest BCUT2D eigenvalue weighted by Gasteiger charge is 2.22. The fourth-order valence-corrected chi connectivity index (χ4v) is 3.22. The molecule has 1 unspecified atom stereocenters. The van der Waals surface area contributed by atoms with Crippen molar-refractivity contribution >= 4 is 5.91 Å². The average molecular weight is 289 g/mol. The van der Waals surface area contributed by atoms with Crippen LogP contribution in [0.15, 0.2) is 12.1 Å². The lowest BCUT2D eigenvalue weighted by Gasteiger charge is -2.22. The lowest BCUT2D eigenvalue weighted by Crippen LogP contribution is -2.38. The van der Waals surface area contributed by atoms with Crippen LogP contribution in [-0.2, 0) is 28.9 Å². The Balaban J connectivity index is 1.65. The van der Waals surface area contributed by atoms with Gasteiger partial charge in [0.25, 0.3) is 0 Å². The zero-order valence-electron chi connectivity index (χ0n) is 12.6. The van der Waals surface area contributed by atoms with Gasteiger partial charge in [0.15, 0.2) is 0 Å². The summed E-state index contributed by atoms with van der Waals surface area (Å²) in [5.74, 6) is 0.873. The first-order chi connectivity index (χ1) is 10.3. The number of aryl methyl sites for hydroxylation is 2. The molecule has 0 aromatic heterocycles. The van der Waals surface area contributed by atoms with E-state index in [0.29, 0.717) is 13.2 Å². The van der Waals surface area contributed by atoms with E-state index in [1.165, 1.54) is 17.5 Å². The Hall–Kier alpha value is -1.55. The second kappa shape index (κ2) is 6.48. The summed E-state index contributed by atoms with van der Waals surface area (Å²) in [6.45, 7) is 1.20. The van der Waals surface area contributed by atoms with E-state index in [4.69, 9.17) is 9.47 Å². The number of nitrogens with one attached hydrogen (secondary N) is 1. The summed E-state index contributed by atoms with van der Waals surface area (Å²) < 4.78 is 11.0. The minimum absolute atomic E-state index is 0.00254. The molecule has 4 nitrogen and oxygen atoms in total. The molecule has 2 aliphatic rings. The molecular formula is C17H23NO3. The van der Waals surface area contributed by atoms with Crippen molar-refractivity contribution in [2.24, 2.45) is 0 Å². The zero-order valence-corrected chi connectivity index (χ0v) is 12.6. The van der Waals surface area contributed by atoms with Crippen LogP contribution in [0.1, 0.15) is 42.4 Å². The average Bonchev–Trinajstić information content (AvgIpc) is 2.99. The molecule has 1 atom stereocenters. The second-order valence-electron chi connectivity index (χ2n) is 5.86. The van der Waals surface area contributed by atoms with Crippen LogP contribution in [0.25, 0.3) is 0 Å². The van der Waals surface area contributed by atoms with Crippen molar-refractivity contribution in [2.45, 2.75) is 51.2 Å². The van der Waals surface area contributed by atoms with E-state index >= 15 is 0 Å². The predicted molar refractivity (Wildman–Crippen MR) is 80.5 cm³/mol. The predicted octanol–water partition coefficient (Wildman–Crippen LogP) is 2.37. The summed E-state index contributed by atoms with van der Waals surface area (Å²) >= 11 is 0. The molecule has 0 saturated carbocycles. The number of rotatable bonds is 4. The molecule has 1 heterocycles. The number of benzene rings is 1. The van der Waals surface area contributed by atoms with Gasteiger partial charge in [-0.15, -0.1) is 0 Å². The second-order valence-corrected chi connectivity index (χ2v) is 5.86. The highest BCUT2D eigenvalue weighted by molar-refractivity contribution is 5.80. The first-order valence-electron chi connectivity index (χ1n) is 7.86. The summed E-state index contributed by atoms with van der Waals surface area (Å²) in [5.41, 5.74) is 3.84. The molecule has 0 radical (unpaired) electrons. The topological polar surface area (TPSA) is 47.6 Å². The SMILES string of the molecule is COc1cc2c(cc1CNC(=O)C1CCCCO1)CCC2. The van der Waals surface area contributed by atoms with Gasteiger partial charge in [0.2, 0.25) is 5.91 Å². The third kappa shape index (κ3) is 3.21. The summed E-state index contributed by atoms with van der Waals surface area (Å²) in [5, 5.41) is 2.99. The van der Waals surface area contributed by atoms with Crippen molar-refractivity contribution in [3.05, 3.63) is 28.8 Å². The van der Waals surface area contributed by atoms with Gasteiger partial charge in [-0.05, 0) is 55.7 Å². The Labute approximate surface area is 125 Å². The molecule has 4 heteroatoms. The van der Waals surface area contributed by atoms with Crippen LogP contribution in [0.3, 0.4) is 0 Å². The minimum atomic E-state index is -0.279. The number of fused-ring (bicyclic) bond motifs is 1. The van der Waals surface area contributed by atoms with E-state index in [9.17, 15) is 4.79 Å². The molecule has 1 aromatic rings. The van der Waals surface area contributed by atoms with Gasteiger partial charge in [-0.1, -0.05) is 6.07 Å². The molecule has 1 saturated heterocycles.